The molecule has 6 rings (SSSR count). The standard InChI is InChI=1S/C20H20N10O2/c1-20(4-5-20)12-6-13(32-29-12)26-19(31)27-18-22-7-10(8-23-18)15-14-16(21)24-9-25-17(14)30(28-15)11-2-3-11/h6-9,11H,2-5H2,1H3,(H2,21,24,25)(H2,22,23,26,27,31). The third-order valence-electron chi connectivity index (χ3n) is 5.93. The molecule has 2 fully saturated rings. The zero-order valence-electron chi connectivity index (χ0n) is 17.2. The average Bonchev–Trinajstić information content (AvgIpc) is 3.68. The van der Waals surface area contributed by atoms with Crippen LogP contribution in [-0.2, 0) is 5.41 Å². The summed E-state index contributed by atoms with van der Waals surface area (Å²) in [6, 6.07) is 1.54. The van der Waals surface area contributed by atoms with Gasteiger partial charge < -0.3 is 10.3 Å². The van der Waals surface area contributed by atoms with Crippen molar-refractivity contribution < 1.29 is 9.32 Å². The molecule has 2 amide bonds. The molecular weight excluding hydrogens is 412 g/mol. The van der Waals surface area contributed by atoms with Gasteiger partial charge in [-0.3, -0.25) is 10.6 Å². The highest BCUT2D eigenvalue weighted by Gasteiger charge is 2.42. The summed E-state index contributed by atoms with van der Waals surface area (Å²) >= 11 is 0. The molecule has 4 aromatic rings. The molecule has 2 aliphatic rings. The van der Waals surface area contributed by atoms with Gasteiger partial charge in [0.05, 0.1) is 17.1 Å². The van der Waals surface area contributed by atoms with E-state index in [1.807, 2.05) is 4.68 Å². The minimum absolute atomic E-state index is 0.0595. The Kier molecular flexibility index (Phi) is 3.91. The Morgan fingerprint density at radius 3 is 2.69 bits per heavy atom. The molecule has 0 aliphatic heterocycles. The Balaban J connectivity index is 1.20. The number of hydrogen-bond acceptors (Lipinski definition) is 9. The van der Waals surface area contributed by atoms with Gasteiger partial charge in [0, 0.05) is 29.4 Å². The summed E-state index contributed by atoms with van der Waals surface area (Å²) in [6.07, 6.45) is 8.84. The van der Waals surface area contributed by atoms with Gasteiger partial charge in [0.1, 0.15) is 17.8 Å². The number of nitrogens with two attached hydrogens (primary N) is 1. The first-order valence-corrected chi connectivity index (χ1v) is 10.4. The third-order valence-corrected chi connectivity index (χ3v) is 5.93. The van der Waals surface area contributed by atoms with E-state index < -0.39 is 6.03 Å². The Hall–Kier alpha value is -4.09. The molecule has 4 N–H and O–H groups in total. The van der Waals surface area contributed by atoms with Gasteiger partial charge in [-0.05, 0) is 25.7 Å². The number of anilines is 3. The van der Waals surface area contributed by atoms with Gasteiger partial charge in [-0.2, -0.15) is 5.10 Å². The molecule has 12 nitrogen and oxygen atoms in total. The number of carbonyl (C=O) groups excluding carboxylic acids is 1. The van der Waals surface area contributed by atoms with E-state index in [9.17, 15) is 4.79 Å². The number of hydrogen-bond donors (Lipinski definition) is 3. The zero-order chi connectivity index (χ0) is 21.9. The second-order valence-electron chi connectivity index (χ2n) is 8.49. The number of rotatable bonds is 5. The summed E-state index contributed by atoms with van der Waals surface area (Å²) in [4.78, 5) is 29.2. The monoisotopic (exact) mass is 432 g/mol. The molecule has 2 aliphatic carbocycles. The Morgan fingerprint density at radius 2 is 1.97 bits per heavy atom. The van der Waals surface area contributed by atoms with Crippen LogP contribution in [0.5, 0.6) is 0 Å². The minimum Gasteiger partial charge on any atom is -0.383 e. The number of nitrogen functional groups attached to an aromatic ring is 1. The van der Waals surface area contributed by atoms with Gasteiger partial charge in [-0.25, -0.2) is 29.4 Å². The van der Waals surface area contributed by atoms with Crippen molar-refractivity contribution in [1.29, 1.82) is 0 Å². The molecule has 12 heteroatoms. The van der Waals surface area contributed by atoms with E-state index in [2.05, 4.69) is 42.6 Å². The lowest BCUT2D eigenvalue weighted by Crippen LogP contribution is -2.20. The van der Waals surface area contributed by atoms with Crippen molar-refractivity contribution in [2.75, 3.05) is 16.4 Å². The molecule has 0 bridgehead atoms. The fourth-order valence-electron chi connectivity index (χ4n) is 3.59. The van der Waals surface area contributed by atoms with Crippen LogP contribution in [0.3, 0.4) is 0 Å². The maximum absolute atomic E-state index is 12.3. The molecular formula is C20H20N10O2. The van der Waals surface area contributed by atoms with Crippen LogP contribution in [-0.4, -0.2) is 40.9 Å². The molecule has 2 saturated carbocycles. The highest BCUT2D eigenvalue weighted by atomic mass is 16.5. The average molecular weight is 432 g/mol. The summed E-state index contributed by atoms with van der Waals surface area (Å²) in [5.74, 6) is 0.759. The lowest BCUT2D eigenvalue weighted by molar-refractivity contribution is 0.261. The van der Waals surface area contributed by atoms with Crippen LogP contribution >= 0.6 is 0 Å². The van der Waals surface area contributed by atoms with Crippen LogP contribution in [0.2, 0.25) is 0 Å². The third kappa shape index (κ3) is 3.20. The lowest BCUT2D eigenvalue weighted by atomic mass is 10.1. The summed E-state index contributed by atoms with van der Waals surface area (Å²) in [5, 5.41) is 14.6. The van der Waals surface area contributed by atoms with Crippen LogP contribution in [0, 0.1) is 0 Å². The molecule has 4 heterocycles. The molecule has 0 radical (unpaired) electrons. The SMILES string of the molecule is CC1(c2cc(NC(=O)Nc3ncc(-c4nn(C5CC5)c5ncnc(N)c45)cn3)on2)CC1. The minimum atomic E-state index is -0.525. The number of nitrogens with one attached hydrogen (secondary N) is 2. The van der Waals surface area contributed by atoms with Crippen molar-refractivity contribution in [2.24, 2.45) is 0 Å². The number of nitrogens with zero attached hydrogens (tertiary/aromatic N) is 7. The summed E-state index contributed by atoms with van der Waals surface area (Å²) in [7, 11) is 0. The van der Waals surface area contributed by atoms with E-state index in [0.29, 0.717) is 34.2 Å². The Bertz CT molecular complexity index is 1330. The number of carbonyl (C=O) groups is 1. The zero-order valence-corrected chi connectivity index (χ0v) is 17.2. The molecule has 32 heavy (non-hydrogen) atoms. The van der Waals surface area contributed by atoms with Crippen molar-refractivity contribution in [3.8, 4) is 11.3 Å². The molecule has 0 spiro atoms. The van der Waals surface area contributed by atoms with E-state index >= 15 is 0 Å². The van der Waals surface area contributed by atoms with Crippen molar-refractivity contribution in [3.05, 3.63) is 30.5 Å². The highest BCUT2D eigenvalue weighted by Crippen LogP contribution is 2.47. The van der Waals surface area contributed by atoms with Gasteiger partial charge in [0.2, 0.25) is 11.8 Å². The van der Waals surface area contributed by atoms with E-state index in [1.165, 1.54) is 6.33 Å². The fraction of sp³-hybridized carbons (Fsp3) is 0.350. The Labute approximate surface area is 181 Å². The number of aromatic nitrogens is 7. The lowest BCUT2D eigenvalue weighted by Gasteiger charge is -2.04. The first-order valence-electron chi connectivity index (χ1n) is 10.4. The van der Waals surface area contributed by atoms with Crippen LogP contribution < -0.4 is 16.4 Å². The van der Waals surface area contributed by atoms with E-state index in [-0.39, 0.29) is 17.2 Å². The fourth-order valence-corrected chi connectivity index (χ4v) is 3.59. The van der Waals surface area contributed by atoms with Crippen LogP contribution in [0.15, 0.2) is 29.3 Å². The maximum Gasteiger partial charge on any atom is 0.328 e. The summed E-state index contributed by atoms with van der Waals surface area (Å²) in [6.45, 7) is 2.11. The smallest absolute Gasteiger partial charge is 0.328 e. The van der Waals surface area contributed by atoms with Gasteiger partial charge in [0.15, 0.2) is 5.65 Å². The second-order valence-corrected chi connectivity index (χ2v) is 8.49. The van der Waals surface area contributed by atoms with Gasteiger partial charge >= 0.3 is 6.03 Å². The van der Waals surface area contributed by atoms with E-state index in [0.717, 1.165) is 31.4 Å². The number of amides is 2. The van der Waals surface area contributed by atoms with Crippen molar-refractivity contribution in [1.82, 2.24) is 34.9 Å². The van der Waals surface area contributed by atoms with E-state index in [1.54, 1.807) is 18.5 Å². The van der Waals surface area contributed by atoms with Crippen molar-refractivity contribution in [3.63, 3.8) is 0 Å². The van der Waals surface area contributed by atoms with E-state index in [4.69, 9.17) is 15.4 Å². The van der Waals surface area contributed by atoms with Crippen molar-refractivity contribution in [2.45, 2.75) is 44.1 Å². The molecule has 4 aromatic heterocycles. The van der Waals surface area contributed by atoms with Crippen LogP contribution in [0.4, 0.5) is 22.4 Å². The summed E-state index contributed by atoms with van der Waals surface area (Å²) in [5.41, 5.74) is 8.97. The van der Waals surface area contributed by atoms with Crippen molar-refractivity contribution >= 4 is 34.7 Å². The van der Waals surface area contributed by atoms with Crippen LogP contribution in [0.25, 0.3) is 22.3 Å². The normalized spacial score (nSPS) is 16.8. The molecule has 162 valence electrons. The van der Waals surface area contributed by atoms with Crippen LogP contribution in [0.1, 0.15) is 44.3 Å². The maximum atomic E-state index is 12.3. The first kappa shape index (κ1) is 18.7. The first-order chi connectivity index (χ1) is 15.5. The predicted octanol–water partition coefficient (Wildman–Crippen LogP) is 2.88. The molecule has 0 saturated heterocycles. The predicted molar refractivity (Wildman–Crippen MR) is 115 cm³/mol. The number of fused-ring (bicyclic) bond motifs is 1. The largest absolute Gasteiger partial charge is 0.383 e. The van der Waals surface area contributed by atoms with Gasteiger partial charge in [-0.15, -0.1) is 0 Å². The Morgan fingerprint density at radius 1 is 1.19 bits per heavy atom. The molecule has 0 aromatic carbocycles. The quantitative estimate of drug-likeness (QED) is 0.430. The van der Waals surface area contributed by atoms with Gasteiger partial charge in [0.25, 0.3) is 0 Å². The van der Waals surface area contributed by atoms with Gasteiger partial charge in [-0.1, -0.05) is 12.1 Å². The molecule has 0 atom stereocenters. The second kappa shape index (κ2) is 6.70. The molecule has 0 unspecified atom stereocenters. The highest BCUT2D eigenvalue weighted by molar-refractivity contribution is 5.99. The summed E-state index contributed by atoms with van der Waals surface area (Å²) < 4.78 is 7.08. The topological polar surface area (TPSA) is 163 Å². The number of urea groups is 1.